The van der Waals surface area contributed by atoms with Crippen LogP contribution < -0.4 is 4.74 Å². The molecule has 2 aromatic rings. The highest BCUT2D eigenvalue weighted by Gasteiger charge is 2.45. The second kappa shape index (κ2) is 10.5. The number of likely N-dealkylation sites (N-methyl/N-ethyl adjacent to an activating group) is 1. The number of hydrogen-bond donors (Lipinski definition) is 1. The quantitative estimate of drug-likeness (QED) is 0.312. The Morgan fingerprint density at radius 1 is 1.18 bits per heavy atom. The molecule has 2 aromatic carbocycles. The third kappa shape index (κ3) is 5.65. The van der Waals surface area contributed by atoms with E-state index in [1.165, 1.54) is 0 Å². The zero-order valence-electron chi connectivity index (χ0n) is 19.8. The fourth-order valence-corrected chi connectivity index (χ4v) is 4.23. The van der Waals surface area contributed by atoms with E-state index in [9.17, 15) is 14.7 Å². The van der Waals surface area contributed by atoms with Gasteiger partial charge in [0.05, 0.1) is 18.2 Å². The van der Waals surface area contributed by atoms with Crippen LogP contribution in [0.2, 0.25) is 0 Å². The number of hydrogen-bond acceptors (Lipinski definition) is 5. The third-order valence-electron chi connectivity index (χ3n) is 5.51. The first-order chi connectivity index (χ1) is 15.6. The molecule has 0 bridgehead atoms. The van der Waals surface area contributed by atoms with Crippen molar-refractivity contribution in [2.75, 3.05) is 33.8 Å². The van der Waals surface area contributed by atoms with Gasteiger partial charge in [0.2, 0.25) is 0 Å². The van der Waals surface area contributed by atoms with Crippen LogP contribution in [0.15, 0.2) is 52.5 Å². The second-order valence-electron chi connectivity index (χ2n) is 9.04. The minimum Gasteiger partial charge on any atom is -0.507 e. The van der Waals surface area contributed by atoms with Crippen molar-refractivity contribution >= 4 is 33.4 Å². The molecule has 1 aliphatic heterocycles. The maximum atomic E-state index is 13.1. The summed E-state index contributed by atoms with van der Waals surface area (Å²) < 4.78 is 6.67. The molecule has 1 atom stereocenters. The topological polar surface area (TPSA) is 70.1 Å². The maximum absolute atomic E-state index is 13.1. The van der Waals surface area contributed by atoms with Crippen molar-refractivity contribution in [1.29, 1.82) is 0 Å². The van der Waals surface area contributed by atoms with Gasteiger partial charge in [0.25, 0.3) is 11.7 Å². The van der Waals surface area contributed by atoms with Crippen LogP contribution in [-0.2, 0) is 9.59 Å². The number of Topliss-reactive ketones (excluding diaryl/α,β-unsaturated/α-hetero) is 1. The summed E-state index contributed by atoms with van der Waals surface area (Å²) in [5, 5.41) is 11.3. The molecule has 0 radical (unpaired) electrons. The van der Waals surface area contributed by atoms with Gasteiger partial charge in [-0.1, -0.05) is 41.9 Å². The zero-order valence-corrected chi connectivity index (χ0v) is 21.3. The molecule has 0 aliphatic carbocycles. The molecule has 0 unspecified atom stereocenters. The Hall–Kier alpha value is -2.64. The number of carbonyl (C=O) groups is 2. The summed E-state index contributed by atoms with van der Waals surface area (Å²) in [6.07, 6.45) is 0. The number of halogens is 1. The van der Waals surface area contributed by atoms with Gasteiger partial charge < -0.3 is 19.6 Å². The minimum atomic E-state index is -0.672. The van der Waals surface area contributed by atoms with Gasteiger partial charge in [-0.2, -0.15) is 0 Å². The number of aliphatic hydroxyl groups is 1. The summed E-state index contributed by atoms with van der Waals surface area (Å²) in [5.74, 6) is -0.328. The molecular weight excluding hydrogens is 484 g/mol. The lowest BCUT2D eigenvalue weighted by Crippen LogP contribution is -2.35. The molecule has 176 valence electrons. The summed E-state index contributed by atoms with van der Waals surface area (Å²) in [6.45, 7) is 7.60. The first-order valence-corrected chi connectivity index (χ1v) is 11.8. The largest absolute Gasteiger partial charge is 0.507 e. The van der Waals surface area contributed by atoms with E-state index in [0.29, 0.717) is 31.2 Å². The lowest BCUT2D eigenvalue weighted by Gasteiger charge is -2.26. The Kier molecular flexibility index (Phi) is 7.97. The fraction of sp³-hybridized carbons (Fsp3) is 0.385. The highest BCUT2D eigenvalue weighted by Crippen LogP contribution is 2.40. The van der Waals surface area contributed by atoms with E-state index in [1.54, 1.807) is 23.1 Å². The van der Waals surface area contributed by atoms with Gasteiger partial charge in [0, 0.05) is 23.1 Å². The molecule has 1 aliphatic rings. The van der Waals surface area contributed by atoms with Gasteiger partial charge in [-0.05, 0) is 68.4 Å². The lowest BCUT2D eigenvalue weighted by atomic mass is 9.95. The Labute approximate surface area is 204 Å². The summed E-state index contributed by atoms with van der Waals surface area (Å²) >= 11 is 3.48. The standard InChI is InChI=1S/C26H31BrN2O4/c1-16(2)15-33-21-10-9-19(13-17(21)3)24(30)22-23(18-7-6-8-20(27)14-18)29(12-11-28(4)5)26(32)25(22)31/h6-10,13-14,16,23,30H,11-12,15H2,1-5H3/b24-22+/t23-/m0/s1. The normalized spacial score (nSPS) is 17.9. The Balaban J connectivity index is 2.07. The molecule has 0 spiro atoms. The first kappa shape index (κ1) is 25.0. The van der Waals surface area contributed by atoms with Crippen molar-refractivity contribution in [3.8, 4) is 5.75 Å². The van der Waals surface area contributed by atoms with E-state index in [4.69, 9.17) is 4.74 Å². The van der Waals surface area contributed by atoms with Crippen LogP contribution in [-0.4, -0.2) is 60.4 Å². The average molecular weight is 515 g/mol. The predicted octanol–water partition coefficient (Wildman–Crippen LogP) is 4.78. The van der Waals surface area contributed by atoms with E-state index in [1.807, 2.05) is 50.2 Å². The first-order valence-electron chi connectivity index (χ1n) is 11.0. The van der Waals surface area contributed by atoms with Gasteiger partial charge in [-0.15, -0.1) is 0 Å². The summed E-state index contributed by atoms with van der Waals surface area (Å²) in [5.41, 5.74) is 2.19. The van der Waals surface area contributed by atoms with E-state index in [0.717, 1.165) is 21.3 Å². The van der Waals surface area contributed by atoms with Crippen LogP contribution in [0.5, 0.6) is 5.75 Å². The smallest absolute Gasteiger partial charge is 0.295 e. The van der Waals surface area contributed by atoms with Crippen molar-refractivity contribution in [2.24, 2.45) is 5.92 Å². The Morgan fingerprint density at radius 2 is 1.91 bits per heavy atom. The number of carbonyl (C=O) groups excluding carboxylic acids is 2. The van der Waals surface area contributed by atoms with Crippen LogP contribution in [0.4, 0.5) is 0 Å². The Bertz CT molecular complexity index is 1080. The van der Waals surface area contributed by atoms with Gasteiger partial charge in [-0.25, -0.2) is 0 Å². The molecule has 3 rings (SSSR count). The number of rotatable bonds is 8. The summed E-state index contributed by atoms with van der Waals surface area (Å²) in [6, 6.07) is 12.1. The molecule has 1 amide bonds. The number of ether oxygens (including phenoxy) is 1. The zero-order chi connectivity index (χ0) is 24.3. The minimum absolute atomic E-state index is 0.104. The van der Waals surface area contributed by atoms with Crippen LogP contribution >= 0.6 is 15.9 Å². The van der Waals surface area contributed by atoms with Crippen LogP contribution in [0.25, 0.3) is 5.76 Å². The number of aryl methyl sites for hydroxylation is 1. The summed E-state index contributed by atoms with van der Waals surface area (Å²) in [4.78, 5) is 29.6. The van der Waals surface area contributed by atoms with Crippen molar-refractivity contribution in [2.45, 2.75) is 26.8 Å². The van der Waals surface area contributed by atoms with Crippen molar-refractivity contribution in [1.82, 2.24) is 9.80 Å². The van der Waals surface area contributed by atoms with Crippen LogP contribution in [0.3, 0.4) is 0 Å². The highest BCUT2D eigenvalue weighted by atomic mass is 79.9. The van der Waals surface area contributed by atoms with E-state index < -0.39 is 17.7 Å². The van der Waals surface area contributed by atoms with Gasteiger partial charge >= 0.3 is 0 Å². The Morgan fingerprint density at radius 3 is 2.52 bits per heavy atom. The number of amides is 1. The summed E-state index contributed by atoms with van der Waals surface area (Å²) in [7, 11) is 3.83. The van der Waals surface area contributed by atoms with E-state index >= 15 is 0 Å². The molecule has 7 heteroatoms. The van der Waals surface area contributed by atoms with Crippen LogP contribution in [0, 0.1) is 12.8 Å². The van der Waals surface area contributed by atoms with Gasteiger partial charge in [-0.3, -0.25) is 9.59 Å². The molecule has 0 saturated carbocycles. The fourth-order valence-electron chi connectivity index (χ4n) is 3.81. The molecule has 33 heavy (non-hydrogen) atoms. The molecular formula is C26H31BrN2O4. The number of likely N-dealkylation sites (tertiary alicyclic amines) is 1. The molecule has 6 nitrogen and oxygen atoms in total. The van der Waals surface area contributed by atoms with E-state index in [-0.39, 0.29) is 11.3 Å². The number of ketones is 1. The number of benzene rings is 2. The molecule has 1 saturated heterocycles. The molecule has 1 heterocycles. The molecule has 1 N–H and O–H groups in total. The predicted molar refractivity (Wildman–Crippen MR) is 133 cm³/mol. The monoisotopic (exact) mass is 514 g/mol. The van der Waals surface area contributed by atoms with Crippen LogP contribution in [0.1, 0.15) is 36.6 Å². The lowest BCUT2D eigenvalue weighted by molar-refractivity contribution is -0.140. The maximum Gasteiger partial charge on any atom is 0.295 e. The van der Waals surface area contributed by atoms with Crippen molar-refractivity contribution < 1.29 is 19.4 Å². The van der Waals surface area contributed by atoms with Crippen molar-refractivity contribution in [3.63, 3.8) is 0 Å². The number of nitrogens with zero attached hydrogens (tertiary/aromatic N) is 2. The van der Waals surface area contributed by atoms with Gasteiger partial charge in [0.15, 0.2) is 0 Å². The molecule has 1 fully saturated rings. The average Bonchev–Trinajstić information content (AvgIpc) is 3.01. The molecule has 0 aromatic heterocycles. The SMILES string of the molecule is Cc1cc(/C(O)=C2\C(=O)C(=O)N(CCN(C)C)[C@H]2c2cccc(Br)c2)ccc1OCC(C)C. The highest BCUT2D eigenvalue weighted by molar-refractivity contribution is 9.10. The second-order valence-corrected chi connectivity index (χ2v) is 9.95. The van der Waals surface area contributed by atoms with E-state index in [2.05, 4.69) is 29.8 Å². The number of aliphatic hydroxyl groups excluding tert-OH is 1. The van der Waals surface area contributed by atoms with Gasteiger partial charge in [0.1, 0.15) is 11.5 Å². The van der Waals surface area contributed by atoms with Crippen molar-refractivity contribution in [3.05, 3.63) is 69.2 Å². The third-order valence-corrected chi connectivity index (χ3v) is 6.01.